The Kier molecular flexibility index (Phi) is 5.94. The topological polar surface area (TPSA) is 87.8 Å². The first kappa shape index (κ1) is 16.4. The number of likely N-dealkylation sites (N-methyl/N-ethyl adjacent to an activating group) is 1. The van der Waals surface area contributed by atoms with Crippen LogP contribution < -0.4 is 16.0 Å². The zero-order valence-corrected chi connectivity index (χ0v) is 12.2. The summed E-state index contributed by atoms with van der Waals surface area (Å²) in [6, 6.07) is 6.75. The third-order valence-electron chi connectivity index (χ3n) is 2.65. The molecule has 0 aliphatic heterocycles. The molecule has 0 fully saturated rings. The quantitative estimate of drug-likeness (QED) is 0.382. The molecular formula is C14H23N3O3. The molecule has 0 radical (unpaired) electrons. The van der Waals surface area contributed by atoms with Crippen molar-refractivity contribution in [3.63, 3.8) is 0 Å². The highest BCUT2D eigenvalue weighted by molar-refractivity contribution is 5.93. The van der Waals surface area contributed by atoms with Crippen LogP contribution in [0.4, 0.5) is 0 Å². The van der Waals surface area contributed by atoms with Crippen molar-refractivity contribution in [1.82, 2.24) is 10.3 Å². The van der Waals surface area contributed by atoms with Gasteiger partial charge in [-0.05, 0) is 45.2 Å². The number of hydrogen-bond acceptors (Lipinski definition) is 5. The lowest BCUT2D eigenvalue weighted by Gasteiger charge is -2.25. The summed E-state index contributed by atoms with van der Waals surface area (Å²) < 4.78 is 5.57. The molecule has 0 bridgehead atoms. The number of amides is 1. The summed E-state index contributed by atoms with van der Waals surface area (Å²) in [6.07, 6.45) is 0. The second kappa shape index (κ2) is 7.23. The van der Waals surface area contributed by atoms with Gasteiger partial charge in [-0.15, -0.1) is 0 Å². The fourth-order valence-electron chi connectivity index (χ4n) is 1.84. The number of nitrogens with one attached hydrogen (secondary N) is 1. The van der Waals surface area contributed by atoms with Gasteiger partial charge in [0.15, 0.2) is 0 Å². The van der Waals surface area contributed by atoms with Gasteiger partial charge in [-0.3, -0.25) is 10.2 Å². The lowest BCUT2D eigenvalue weighted by molar-refractivity contribution is 0.0411. The van der Waals surface area contributed by atoms with Gasteiger partial charge < -0.3 is 14.7 Å². The Balaban J connectivity index is 2.37. The molecule has 6 nitrogen and oxygen atoms in total. The minimum Gasteiger partial charge on any atom is -0.492 e. The molecule has 0 aromatic heterocycles. The number of rotatable bonds is 7. The third-order valence-corrected chi connectivity index (χ3v) is 2.65. The van der Waals surface area contributed by atoms with Crippen LogP contribution in [0.3, 0.4) is 0 Å². The Morgan fingerprint density at radius 3 is 2.50 bits per heavy atom. The Hall–Kier alpha value is -1.63. The van der Waals surface area contributed by atoms with Crippen LogP contribution in [0.2, 0.25) is 0 Å². The number of carbonyl (C=O) groups is 1. The predicted molar refractivity (Wildman–Crippen MR) is 77.4 cm³/mol. The first-order valence-corrected chi connectivity index (χ1v) is 6.46. The molecule has 4 N–H and O–H groups in total. The molecule has 0 saturated carbocycles. The minimum atomic E-state index is -0.716. The minimum absolute atomic E-state index is 0.332. The zero-order valence-electron chi connectivity index (χ0n) is 12.2. The first-order valence-electron chi connectivity index (χ1n) is 6.46. The summed E-state index contributed by atoms with van der Waals surface area (Å²) in [5.74, 6) is 5.41. The van der Waals surface area contributed by atoms with E-state index in [1.165, 1.54) is 0 Å². The first-order chi connectivity index (χ1) is 9.31. The van der Waals surface area contributed by atoms with Crippen LogP contribution in [-0.2, 0) is 0 Å². The molecule has 0 saturated heterocycles. The molecular weight excluding hydrogens is 258 g/mol. The van der Waals surface area contributed by atoms with Crippen molar-refractivity contribution in [2.24, 2.45) is 5.84 Å². The molecule has 20 heavy (non-hydrogen) atoms. The van der Waals surface area contributed by atoms with Crippen molar-refractivity contribution >= 4 is 5.91 Å². The summed E-state index contributed by atoms with van der Waals surface area (Å²) in [7, 11) is 1.93. The molecule has 0 aliphatic carbocycles. The standard InChI is InChI=1S/C14H23N3O3/c1-14(2,19)10-17(3)8-9-20-12-6-4-11(5-7-12)13(18)16-15/h4-7,19H,8-10,15H2,1-3H3,(H,16,18). The van der Waals surface area contributed by atoms with Crippen molar-refractivity contribution in [3.05, 3.63) is 29.8 Å². The van der Waals surface area contributed by atoms with E-state index in [1.807, 2.05) is 11.9 Å². The third kappa shape index (κ3) is 6.01. The van der Waals surface area contributed by atoms with E-state index < -0.39 is 5.60 Å². The van der Waals surface area contributed by atoms with Gasteiger partial charge in [0.2, 0.25) is 0 Å². The maximum Gasteiger partial charge on any atom is 0.265 e. The fourth-order valence-corrected chi connectivity index (χ4v) is 1.84. The summed E-state index contributed by atoms with van der Waals surface area (Å²) in [4.78, 5) is 13.2. The number of ether oxygens (including phenoxy) is 1. The molecule has 0 atom stereocenters. The molecule has 1 aromatic rings. The van der Waals surface area contributed by atoms with Crippen LogP contribution >= 0.6 is 0 Å². The number of carbonyl (C=O) groups excluding carboxylic acids is 1. The lowest BCUT2D eigenvalue weighted by atomic mass is 10.1. The van der Waals surface area contributed by atoms with Crippen LogP contribution in [0.5, 0.6) is 5.75 Å². The zero-order chi connectivity index (χ0) is 15.2. The van der Waals surface area contributed by atoms with Crippen molar-refractivity contribution in [1.29, 1.82) is 0 Å². The number of benzene rings is 1. The molecule has 1 amide bonds. The van der Waals surface area contributed by atoms with E-state index in [4.69, 9.17) is 10.6 Å². The Labute approximate surface area is 119 Å². The van der Waals surface area contributed by atoms with Gasteiger partial charge in [0, 0.05) is 18.7 Å². The van der Waals surface area contributed by atoms with Crippen LogP contribution in [0.1, 0.15) is 24.2 Å². The number of nitrogens with two attached hydrogens (primary N) is 1. The SMILES string of the molecule is CN(CCOc1ccc(C(=O)NN)cc1)CC(C)(C)O. The Bertz CT molecular complexity index is 426. The second-order valence-corrected chi connectivity index (χ2v) is 5.40. The molecule has 0 heterocycles. The fraction of sp³-hybridized carbons (Fsp3) is 0.500. The lowest BCUT2D eigenvalue weighted by Crippen LogP contribution is -2.38. The van der Waals surface area contributed by atoms with E-state index in [2.05, 4.69) is 5.43 Å². The Morgan fingerprint density at radius 1 is 1.40 bits per heavy atom. The van der Waals surface area contributed by atoms with Crippen molar-refractivity contribution in [3.8, 4) is 5.75 Å². The largest absolute Gasteiger partial charge is 0.492 e. The van der Waals surface area contributed by atoms with Gasteiger partial charge in [-0.25, -0.2) is 5.84 Å². The maximum absolute atomic E-state index is 11.3. The molecule has 112 valence electrons. The van der Waals surface area contributed by atoms with Gasteiger partial charge >= 0.3 is 0 Å². The molecule has 1 rings (SSSR count). The summed E-state index contributed by atoms with van der Waals surface area (Å²) in [6.45, 7) is 5.33. The monoisotopic (exact) mass is 281 g/mol. The molecule has 0 spiro atoms. The smallest absolute Gasteiger partial charge is 0.265 e. The number of hydrogen-bond donors (Lipinski definition) is 3. The van der Waals surface area contributed by atoms with Crippen LogP contribution in [0.15, 0.2) is 24.3 Å². The molecule has 6 heteroatoms. The molecule has 1 aromatic carbocycles. The highest BCUT2D eigenvalue weighted by Gasteiger charge is 2.15. The van der Waals surface area contributed by atoms with Crippen molar-refractivity contribution < 1.29 is 14.6 Å². The van der Waals surface area contributed by atoms with E-state index in [-0.39, 0.29) is 5.91 Å². The van der Waals surface area contributed by atoms with Gasteiger partial charge in [0.05, 0.1) is 5.60 Å². The van der Waals surface area contributed by atoms with Crippen LogP contribution in [0, 0.1) is 0 Å². The summed E-state index contributed by atoms with van der Waals surface area (Å²) >= 11 is 0. The van der Waals surface area contributed by atoms with Gasteiger partial charge in [-0.1, -0.05) is 0 Å². The van der Waals surface area contributed by atoms with Crippen molar-refractivity contribution in [2.75, 3.05) is 26.7 Å². The highest BCUT2D eigenvalue weighted by Crippen LogP contribution is 2.12. The number of nitrogen functional groups attached to an aromatic ring is 1. The van der Waals surface area contributed by atoms with Crippen molar-refractivity contribution in [2.45, 2.75) is 19.4 Å². The number of hydrazine groups is 1. The van der Waals surface area contributed by atoms with Gasteiger partial charge in [0.25, 0.3) is 5.91 Å². The summed E-state index contributed by atoms with van der Waals surface area (Å²) in [5, 5.41) is 9.68. The predicted octanol–water partition coefficient (Wildman–Crippen LogP) is 0.372. The molecule has 0 aliphatic rings. The normalized spacial score (nSPS) is 11.5. The van der Waals surface area contributed by atoms with Crippen LogP contribution in [0.25, 0.3) is 0 Å². The average molecular weight is 281 g/mol. The van der Waals surface area contributed by atoms with Gasteiger partial charge in [0.1, 0.15) is 12.4 Å². The second-order valence-electron chi connectivity index (χ2n) is 5.40. The Morgan fingerprint density at radius 2 is 2.00 bits per heavy atom. The maximum atomic E-state index is 11.3. The summed E-state index contributed by atoms with van der Waals surface area (Å²) in [5.41, 5.74) is 1.84. The van der Waals surface area contributed by atoms with E-state index in [0.29, 0.717) is 31.0 Å². The average Bonchev–Trinajstić information content (AvgIpc) is 2.36. The molecule has 0 unspecified atom stereocenters. The number of nitrogens with zero attached hydrogens (tertiary/aromatic N) is 1. The van der Waals surface area contributed by atoms with E-state index >= 15 is 0 Å². The van der Waals surface area contributed by atoms with E-state index in [1.54, 1.807) is 38.1 Å². The van der Waals surface area contributed by atoms with E-state index in [9.17, 15) is 9.90 Å². The number of aliphatic hydroxyl groups is 1. The van der Waals surface area contributed by atoms with Gasteiger partial charge in [-0.2, -0.15) is 0 Å². The van der Waals surface area contributed by atoms with E-state index in [0.717, 1.165) is 0 Å². The highest BCUT2D eigenvalue weighted by atomic mass is 16.5. The van der Waals surface area contributed by atoms with Crippen LogP contribution in [-0.4, -0.2) is 48.3 Å².